The summed E-state index contributed by atoms with van der Waals surface area (Å²) in [5, 5.41) is 0. The first-order valence-electron chi connectivity index (χ1n) is 7.19. The lowest BCUT2D eigenvalue weighted by molar-refractivity contribution is -0.135. The summed E-state index contributed by atoms with van der Waals surface area (Å²) in [5.41, 5.74) is 6.99. The lowest BCUT2D eigenvalue weighted by Gasteiger charge is -2.22. The van der Waals surface area contributed by atoms with Crippen LogP contribution >= 0.6 is 0 Å². The van der Waals surface area contributed by atoms with Gasteiger partial charge in [0.25, 0.3) is 5.91 Å². The minimum Gasteiger partial charge on any atom is -0.493 e. The average Bonchev–Trinajstić information content (AvgIpc) is 2.47. The fourth-order valence-corrected chi connectivity index (χ4v) is 2.03. The number of para-hydroxylation sites is 1. The third kappa shape index (κ3) is 4.63. The van der Waals surface area contributed by atoms with Crippen LogP contribution in [0.5, 0.6) is 11.5 Å². The topological polar surface area (TPSA) is 64.8 Å². The summed E-state index contributed by atoms with van der Waals surface area (Å²) >= 11 is 0. The second kappa shape index (κ2) is 7.88. The molecular weight excluding hydrogens is 268 g/mol. The van der Waals surface area contributed by atoms with Crippen molar-refractivity contribution < 1.29 is 14.3 Å². The molecule has 0 radical (unpaired) electrons. The van der Waals surface area contributed by atoms with E-state index in [-0.39, 0.29) is 11.9 Å². The molecule has 0 bridgehead atoms. The van der Waals surface area contributed by atoms with E-state index in [0.29, 0.717) is 17.9 Å². The Morgan fingerprint density at radius 3 is 2.57 bits per heavy atom. The molecule has 1 amide bonds. The number of amides is 1. The molecule has 0 aliphatic heterocycles. The minimum atomic E-state index is -0.576. The molecule has 0 spiro atoms. The quantitative estimate of drug-likeness (QED) is 0.833. The van der Waals surface area contributed by atoms with Crippen molar-refractivity contribution >= 4 is 5.91 Å². The maximum atomic E-state index is 12.0. The second-order valence-corrected chi connectivity index (χ2v) is 5.31. The summed E-state index contributed by atoms with van der Waals surface area (Å²) in [7, 11) is 5.00. The normalized spacial score (nSPS) is 13.4. The fourth-order valence-electron chi connectivity index (χ4n) is 2.03. The molecule has 2 N–H and O–H groups in total. The molecule has 2 atom stereocenters. The van der Waals surface area contributed by atoms with Gasteiger partial charge in [0.1, 0.15) is 0 Å². The van der Waals surface area contributed by atoms with Gasteiger partial charge in [0.15, 0.2) is 17.6 Å². The second-order valence-electron chi connectivity index (χ2n) is 5.31. The van der Waals surface area contributed by atoms with E-state index in [9.17, 15) is 4.79 Å². The van der Waals surface area contributed by atoms with Crippen molar-refractivity contribution in [2.45, 2.75) is 38.8 Å². The Bertz CT molecular complexity index is 475. The number of ether oxygens (including phenoxy) is 2. The number of hydrogen-bond donors (Lipinski definition) is 1. The zero-order valence-electron chi connectivity index (χ0n) is 13.6. The summed E-state index contributed by atoms with van der Waals surface area (Å²) in [5.74, 6) is 1.13. The molecular formula is C16H26N2O3. The number of hydrogen-bond acceptors (Lipinski definition) is 4. The Morgan fingerprint density at radius 2 is 2.05 bits per heavy atom. The Hall–Kier alpha value is -1.75. The number of nitrogens with zero attached hydrogens (tertiary/aromatic N) is 1. The van der Waals surface area contributed by atoms with Crippen LogP contribution in [0.3, 0.4) is 0 Å². The third-order valence-corrected chi connectivity index (χ3v) is 3.37. The highest BCUT2D eigenvalue weighted by Gasteiger charge is 2.21. The van der Waals surface area contributed by atoms with E-state index in [1.165, 1.54) is 4.90 Å². The number of benzene rings is 1. The van der Waals surface area contributed by atoms with Crippen LogP contribution in [-0.2, 0) is 11.2 Å². The van der Waals surface area contributed by atoms with Crippen LogP contribution in [0.1, 0.15) is 25.8 Å². The average molecular weight is 294 g/mol. The molecule has 5 heteroatoms. The smallest absolute Gasteiger partial charge is 0.262 e. The van der Waals surface area contributed by atoms with E-state index in [2.05, 4.69) is 0 Å². The summed E-state index contributed by atoms with van der Waals surface area (Å²) in [4.78, 5) is 13.5. The molecule has 118 valence electrons. The lowest BCUT2D eigenvalue weighted by Crippen LogP contribution is -2.35. The number of carbonyl (C=O) groups is 1. The van der Waals surface area contributed by atoms with Crippen LogP contribution in [0.15, 0.2) is 18.2 Å². The van der Waals surface area contributed by atoms with Crippen molar-refractivity contribution in [3.8, 4) is 11.5 Å². The highest BCUT2D eigenvalue weighted by molar-refractivity contribution is 5.80. The Labute approximate surface area is 127 Å². The molecule has 0 aromatic heterocycles. The van der Waals surface area contributed by atoms with Crippen molar-refractivity contribution in [2.75, 3.05) is 21.2 Å². The highest BCUT2D eigenvalue weighted by atomic mass is 16.5. The first-order valence-corrected chi connectivity index (χ1v) is 7.19. The Morgan fingerprint density at radius 1 is 1.38 bits per heavy atom. The molecule has 1 rings (SSSR count). The molecule has 0 saturated heterocycles. The molecule has 5 nitrogen and oxygen atoms in total. The van der Waals surface area contributed by atoms with Crippen LogP contribution < -0.4 is 15.2 Å². The molecule has 0 saturated carbocycles. The molecule has 21 heavy (non-hydrogen) atoms. The molecule has 0 aliphatic carbocycles. The fraction of sp³-hybridized carbons (Fsp3) is 0.562. The largest absolute Gasteiger partial charge is 0.493 e. The van der Waals surface area contributed by atoms with E-state index < -0.39 is 6.10 Å². The van der Waals surface area contributed by atoms with Crippen LogP contribution in [0.25, 0.3) is 0 Å². The van der Waals surface area contributed by atoms with Gasteiger partial charge in [0, 0.05) is 20.1 Å². The van der Waals surface area contributed by atoms with E-state index >= 15 is 0 Å². The summed E-state index contributed by atoms with van der Waals surface area (Å²) in [6.07, 6.45) is 0.988. The van der Waals surface area contributed by atoms with Gasteiger partial charge in [-0.05, 0) is 31.4 Å². The van der Waals surface area contributed by atoms with Gasteiger partial charge in [-0.3, -0.25) is 4.79 Å². The first kappa shape index (κ1) is 17.3. The third-order valence-electron chi connectivity index (χ3n) is 3.37. The summed E-state index contributed by atoms with van der Waals surface area (Å²) < 4.78 is 11.2. The molecule has 1 aromatic rings. The van der Waals surface area contributed by atoms with Crippen molar-refractivity contribution in [2.24, 2.45) is 5.73 Å². The first-order chi connectivity index (χ1) is 9.90. The predicted molar refractivity (Wildman–Crippen MR) is 83.7 cm³/mol. The van der Waals surface area contributed by atoms with Gasteiger partial charge in [-0.15, -0.1) is 0 Å². The number of likely N-dealkylation sites (N-methyl/N-ethyl adjacent to an activating group) is 1. The van der Waals surface area contributed by atoms with Gasteiger partial charge in [-0.1, -0.05) is 19.1 Å². The summed E-state index contributed by atoms with van der Waals surface area (Å²) in [6, 6.07) is 5.74. The zero-order chi connectivity index (χ0) is 16.0. The molecule has 2 unspecified atom stereocenters. The zero-order valence-corrected chi connectivity index (χ0v) is 13.6. The highest BCUT2D eigenvalue weighted by Crippen LogP contribution is 2.33. The lowest BCUT2D eigenvalue weighted by atomic mass is 10.0. The molecule has 0 heterocycles. The van der Waals surface area contributed by atoms with Crippen LogP contribution in [-0.4, -0.2) is 44.2 Å². The number of rotatable bonds is 7. The molecule has 0 fully saturated rings. The van der Waals surface area contributed by atoms with Crippen molar-refractivity contribution in [1.29, 1.82) is 0 Å². The SMILES string of the molecule is CCC(N)Cc1cccc(OC)c1OC(C)C(=O)N(C)C. The maximum Gasteiger partial charge on any atom is 0.262 e. The van der Waals surface area contributed by atoms with E-state index in [1.807, 2.05) is 25.1 Å². The van der Waals surface area contributed by atoms with Gasteiger partial charge in [-0.2, -0.15) is 0 Å². The number of methoxy groups -OCH3 is 1. The van der Waals surface area contributed by atoms with E-state index in [0.717, 1.165) is 12.0 Å². The Balaban J connectivity index is 3.04. The summed E-state index contributed by atoms with van der Waals surface area (Å²) in [6.45, 7) is 3.78. The standard InChI is InChI=1S/C16H26N2O3/c1-6-13(17)10-12-8-7-9-14(20-5)15(12)21-11(2)16(19)18(3)4/h7-9,11,13H,6,10,17H2,1-5H3. The van der Waals surface area contributed by atoms with Crippen LogP contribution in [0.2, 0.25) is 0 Å². The van der Waals surface area contributed by atoms with Gasteiger partial charge in [0.05, 0.1) is 7.11 Å². The number of nitrogens with two attached hydrogens (primary N) is 1. The predicted octanol–water partition coefficient (Wildman–Crippen LogP) is 1.83. The van der Waals surface area contributed by atoms with Crippen molar-refractivity contribution in [3.63, 3.8) is 0 Å². The van der Waals surface area contributed by atoms with Crippen molar-refractivity contribution in [3.05, 3.63) is 23.8 Å². The van der Waals surface area contributed by atoms with Crippen LogP contribution in [0.4, 0.5) is 0 Å². The van der Waals surface area contributed by atoms with Crippen LogP contribution in [0, 0.1) is 0 Å². The minimum absolute atomic E-state index is 0.0549. The Kier molecular flexibility index (Phi) is 6.49. The van der Waals surface area contributed by atoms with E-state index in [1.54, 1.807) is 28.1 Å². The number of carbonyl (C=O) groups excluding carboxylic acids is 1. The van der Waals surface area contributed by atoms with Crippen molar-refractivity contribution in [1.82, 2.24) is 4.90 Å². The molecule has 1 aromatic carbocycles. The van der Waals surface area contributed by atoms with Gasteiger partial charge in [-0.25, -0.2) is 0 Å². The maximum absolute atomic E-state index is 12.0. The van der Waals surface area contributed by atoms with Gasteiger partial charge in [0.2, 0.25) is 0 Å². The monoisotopic (exact) mass is 294 g/mol. The van der Waals surface area contributed by atoms with E-state index in [4.69, 9.17) is 15.2 Å². The van der Waals surface area contributed by atoms with Gasteiger partial charge < -0.3 is 20.1 Å². The molecule has 0 aliphatic rings. The van der Waals surface area contributed by atoms with Gasteiger partial charge >= 0.3 is 0 Å².